The molecule has 29 rings (SSSR count). The number of hydrogen-bond donors (Lipinski definition) is 0. The zero-order chi connectivity index (χ0) is 130. The third kappa shape index (κ3) is 14.6. The SMILES string of the molecule is [2H]c1c([2H])c([2H])c(-n2c3c([2H])c([2H])c([2H])c([2H])c3c3c4c5c([2H])c([2H])c([2H])c([2H])c5n(-c5ccc(-c6ccc(-c7ccccc7)cc6)cc5)c4c([2H])c([2H])c32)c([2H])c1[2H].[2H]c1c([2H])c([2H])c(-n2c3c([2H])c([2H])c([2H])c([2H])c3c3c4c5c([2H])c([2H])c([2H])c([2H])c5n(-c5cccc(-c6ccc(-c7ccccc7)cc6)c5)c4c([2H])c([2H])c32)c([2H])c1[2H].[2H]c1c([2H])c([2H])c2c(c1[2H])c1c3c4c([2H])c([2H])c([2H])c([2H])c4n(-c4cc(-c5ccccc5)cc(-c5ccccc5)c4)c3c([2H])c([2H])c1n2-c1cccc(-c2ccc(-c3ccccc3)cc2)c1. The molecule has 0 aliphatic heterocycles. The molecule has 0 bridgehead atoms. The van der Waals surface area contributed by atoms with Gasteiger partial charge in [-0.3, -0.25) is 0 Å². The van der Waals surface area contributed by atoms with Gasteiger partial charge in [0.15, 0.2) is 0 Å². The monoisotopic (exact) mass is 1870 g/mol. The summed E-state index contributed by atoms with van der Waals surface area (Å²) in [7, 11) is 0. The Hall–Kier alpha value is -19.1. The van der Waals surface area contributed by atoms with Crippen LogP contribution in [0.4, 0.5) is 0 Å². The van der Waals surface area contributed by atoms with Crippen LogP contribution in [0.15, 0.2) is 557 Å². The average Bonchev–Trinajstić information content (AvgIpc) is 1.51. The normalized spacial score (nSPS) is 15.5. The molecule has 0 atom stereocenters. The van der Waals surface area contributed by atoms with E-state index >= 15 is 0 Å². The van der Waals surface area contributed by atoms with Crippen molar-refractivity contribution in [2.24, 2.45) is 0 Å². The molecule has 0 amide bonds. The van der Waals surface area contributed by atoms with Gasteiger partial charge in [0.05, 0.1) is 121 Å². The molecule has 6 heterocycles. The Morgan fingerprint density at radius 1 is 0.111 bits per heavy atom. The number of aromatic nitrogens is 6. The molecule has 0 aliphatic carbocycles. The van der Waals surface area contributed by atoms with Gasteiger partial charge in [-0.15, -0.1) is 0 Å². The van der Waals surface area contributed by atoms with Gasteiger partial charge in [0.1, 0.15) is 0 Å². The van der Waals surface area contributed by atoms with Crippen molar-refractivity contribution < 1.29 is 54.8 Å². The summed E-state index contributed by atoms with van der Waals surface area (Å²) in [6, 6.07) is 77.6. The Morgan fingerprint density at radius 3 is 0.562 bits per heavy atom. The third-order valence-electron chi connectivity index (χ3n) is 26.4. The van der Waals surface area contributed by atoms with Crippen LogP contribution in [0.25, 0.3) is 254 Å². The van der Waals surface area contributed by atoms with Crippen LogP contribution >= 0.6 is 0 Å². The average molecular weight is 1870 g/mol. The number of hydrogen-bond acceptors (Lipinski definition) is 0. The lowest BCUT2D eigenvalue weighted by molar-refractivity contribution is 1.17. The van der Waals surface area contributed by atoms with E-state index in [0.29, 0.717) is 22.7 Å². The first-order valence-corrected chi connectivity index (χ1v) is 46.2. The quantitative estimate of drug-likeness (QED) is 0.104. The molecule has 674 valence electrons. The summed E-state index contributed by atoms with van der Waals surface area (Å²) < 4.78 is 368. The van der Waals surface area contributed by atoms with Crippen LogP contribution < -0.4 is 0 Å². The fourth-order valence-electron chi connectivity index (χ4n) is 19.9. The summed E-state index contributed by atoms with van der Waals surface area (Å²) in [6.07, 6.45) is 0. The topological polar surface area (TPSA) is 29.6 Å². The molecule has 0 N–H and O–H groups in total. The Labute approximate surface area is 889 Å². The van der Waals surface area contributed by atoms with Crippen molar-refractivity contribution in [1.82, 2.24) is 27.4 Å². The Balaban J connectivity index is 0.000000129. The minimum atomic E-state index is -0.740. The van der Waals surface area contributed by atoms with E-state index < -0.39 is 217 Å². The fraction of sp³-hybridized carbons (Fsp3) is 0. The standard InChI is InChI=1S/C54H36N2.2C42H28N2/c1-4-15-37(16-5-1)40-27-29-41(30-28-40)42-21-14-22-45(34-42)55-49-25-12-10-23-47(49)53-51(55)31-32-52-54(53)48-24-11-13-26-50(48)56(52)46-35-43(38-17-6-2-7-18-38)33-44(36-46)39-19-8-3-9-20-39;1-3-12-29(13-4-1)30-22-24-31(25-23-30)32-14-11-17-34(28-32)44-38-21-10-8-19-36(38)42-40(44)27-26-39-41(42)35-18-7-9-20-37(35)43(39)33-15-5-2-6-16-33;1-3-11-29(12-4-1)30-19-21-31(22-20-30)32-23-25-34(26-24-32)44-38-18-10-8-16-36(38)42-40(44)28-27-39-41(42)35-15-7-9-17-37(35)43(39)33-13-5-2-6-14-33/h1-36H;2*1-28H/i10D,11D,12D,13D,23D,24D,25D,26D,31D,32D;2D,5D,6D,7D,8D,9D,10D,15D,16D,18D,19D,20D,21D,26D,27D;2D,5D,6D,7D,8D,9D,10D,13D,14D,15D,16D,17D,18D,27D,28D. The molecule has 0 spiro atoms. The molecule has 6 heteroatoms. The summed E-state index contributed by atoms with van der Waals surface area (Å²) in [6.45, 7) is 0. The first-order chi connectivity index (χ1) is 88.1. The summed E-state index contributed by atoms with van der Waals surface area (Å²) >= 11 is 0. The smallest absolute Gasteiger partial charge is 0.0646 e. The highest BCUT2D eigenvalue weighted by molar-refractivity contribution is 6.32. The van der Waals surface area contributed by atoms with E-state index in [-0.39, 0.29) is 167 Å². The van der Waals surface area contributed by atoms with Gasteiger partial charge in [0.2, 0.25) is 0 Å². The molecule has 6 aromatic heterocycles. The Bertz CT molecular complexity index is 12500. The molecule has 144 heavy (non-hydrogen) atoms. The molecule has 0 saturated carbocycles. The lowest BCUT2D eigenvalue weighted by Gasteiger charge is -2.14. The van der Waals surface area contributed by atoms with Crippen molar-refractivity contribution in [2.45, 2.75) is 0 Å². The lowest BCUT2D eigenvalue weighted by atomic mass is 9.98. The molecule has 6 nitrogen and oxygen atoms in total. The minimum Gasteiger partial charge on any atom is -0.309 e. The maximum Gasteiger partial charge on any atom is 0.0646 e. The van der Waals surface area contributed by atoms with E-state index in [1.807, 2.05) is 279 Å². The molecule has 0 saturated heterocycles. The van der Waals surface area contributed by atoms with Crippen molar-refractivity contribution in [3.63, 3.8) is 0 Å². The van der Waals surface area contributed by atoms with Crippen LogP contribution in [-0.4, -0.2) is 27.4 Å². The van der Waals surface area contributed by atoms with Crippen LogP contribution in [-0.2, 0) is 0 Å². The molecule has 0 fully saturated rings. The van der Waals surface area contributed by atoms with Gasteiger partial charge < -0.3 is 27.4 Å². The second kappa shape index (κ2) is 35.7. The van der Waals surface area contributed by atoms with Crippen LogP contribution in [0, 0.1) is 0 Å². The number of para-hydroxylation sites is 8. The maximum absolute atomic E-state index is 9.96. The van der Waals surface area contributed by atoms with Crippen molar-refractivity contribution in [3.8, 4) is 123 Å². The molecule has 0 unspecified atom stereocenters. The predicted molar refractivity (Wildman–Crippen MR) is 609 cm³/mol. The zero-order valence-electron chi connectivity index (χ0n) is 116. The summed E-state index contributed by atoms with van der Waals surface area (Å²) in [5.41, 5.74) is 14.1. The highest BCUT2D eigenvalue weighted by Gasteiger charge is 2.27. The van der Waals surface area contributed by atoms with E-state index in [4.69, 9.17) is 35.6 Å². The summed E-state index contributed by atoms with van der Waals surface area (Å²) in [4.78, 5) is 0. The highest BCUT2D eigenvalue weighted by Crippen LogP contribution is 2.49. The Kier molecular flexibility index (Phi) is 13.0. The zero-order valence-corrected chi connectivity index (χ0v) is 75.7. The van der Waals surface area contributed by atoms with Crippen LogP contribution in [0.2, 0.25) is 0 Å². The van der Waals surface area contributed by atoms with Crippen molar-refractivity contribution in [1.29, 1.82) is 0 Å². The molecule has 0 radical (unpaired) electrons. The van der Waals surface area contributed by atoms with Gasteiger partial charge in [-0.2, -0.15) is 0 Å². The summed E-state index contributed by atoms with van der Waals surface area (Å²) in [5.74, 6) is 0. The summed E-state index contributed by atoms with van der Waals surface area (Å²) in [5, 5.41) is -0.454. The number of rotatable bonds is 14. The second-order valence-electron chi connectivity index (χ2n) is 34.4. The van der Waals surface area contributed by atoms with E-state index in [1.165, 1.54) is 9.13 Å². The van der Waals surface area contributed by atoms with Gasteiger partial charge >= 0.3 is 0 Å². The van der Waals surface area contributed by atoms with Crippen molar-refractivity contribution in [2.75, 3.05) is 0 Å². The van der Waals surface area contributed by atoms with Gasteiger partial charge in [0, 0.05) is 98.8 Å². The third-order valence-corrected chi connectivity index (χ3v) is 26.4. The molecular weight excluding hydrogens is 1740 g/mol. The van der Waals surface area contributed by atoms with Crippen molar-refractivity contribution >= 4 is 131 Å². The molecule has 0 aliphatic rings. The van der Waals surface area contributed by atoms with Crippen LogP contribution in [0.3, 0.4) is 0 Å². The molecular formula is C138H92N6. The van der Waals surface area contributed by atoms with Crippen molar-refractivity contribution in [3.05, 3.63) is 557 Å². The van der Waals surface area contributed by atoms with E-state index in [2.05, 4.69) is 0 Å². The Morgan fingerprint density at radius 2 is 0.299 bits per heavy atom. The van der Waals surface area contributed by atoms with Gasteiger partial charge in [-0.25, -0.2) is 0 Å². The highest BCUT2D eigenvalue weighted by atomic mass is 15.0. The minimum absolute atomic E-state index is 0.0373. The van der Waals surface area contributed by atoms with Crippen LogP contribution in [0.5, 0.6) is 0 Å². The molecule has 29 aromatic rings. The molecule has 23 aromatic carbocycles. The van der Waals surface area contributed by atoms with Gasteiger partial charge in [0.25, 0.3) is 0 Å². The lowest BCUT2D eigenvalue weighted by Crippen LogP contribution is -1.96. The maximum atomic E-state index is 9.96. The predicted octanol–water partition coefficient (Wildman–Crippen LogP) is 37.0. The first kappa shape index (κ1) is 52.6. The number of nitrogens with zero attached hydrogens (tertiary/aromatic N) is 6. The first-order valence-electron chi connectivity index (χ1n) is 66.2. The van der Waals surface area contributed by atoms with Gasteiger partial charge in [-0.05, 0) is 240 Å². The van der Waals surface area contributed by atoms with E-state index in [0.717, 1.165) is 98.1 Å². The largest absolute Gasteiger partial charge is 0.309 e. The van der Waals surface area contributed by atoms with E-state index in [9.17, 15) is 19.2 Å². The number of benzene rings is 23. The van der Waals surface area contributed by atoms with Crippen LogP contribution in [0.1, 0.15) is 54.8 Å². The van der Waals surface area contributed by atoms with Gasteiger partial charge in [-0.1, -0.05) is 406 Å². The van der Waals surface area contributed by atoms with E-state index in [1.54, 1.807) is 45.5 Å². The fourth-order valence-corrected chi connectivity index (χ4v) is 19.9. The second-order valence-corrected chi connectivity index (χ2v) is 34.4. The number of fused-ring (bicyclic) bond motifs is 21.